The number of Topliss-reactive ketones (excluding diaryl/α,β-unsaturated/α-hetero) is 1. The normalized spacial score (nSPS) is 18.6. The van der Waals surface area contributed by atoms with Crippen molar-refractivity contribution in [2.75, 3.05) is 13.2 Å². The summed E-state index contributed by atoms with van der Waals surface area (Å²) in [5, 5.41) is 3.35. The third kappa shape index (κ3) is 4.43. The third-order valence-electron chi connectivity index (χ3n) is 3.56. The largest absolute Gasteiger partial charge is 0.373 e. The van der Waals surface area contributed by atoms with Crippen LogP contribution in [0.1, 0.15) is 50.8 Å². The van der Waals surface area contributed by atoms with E-state index in [1.165, 1.54) is 11.1 Å². The molecule has 1 aromatic rings. The number of carbonyl (C=O) groups excluding carboxylic acids is 1. The van der Waals surface area contributed by atoms with Gasteiger partial charge in [0.2, 0.25) is 0 Å². The monoisotopic (exact) mass is 275 g/mol. The van der Waals surface area contributed by atoms with Crippen LogP contribution in [0.25, 0.3) is 0 Å². The molecule has 0 spiro atoms. The van der Waals surface area contributed by atoms with Gasteiger partial charge in [-0.1, -0.05) is 24.3 Å². The summed E-state index contributed by atoms with van der Waals surface area (Å²) in [5.41, 5.74) is 2.58. The first-order chi connectivity index (χ1) is 9.46. The van der Waals surface area contributed by atoms with Gasteiger partial charge in [0, 0.05) is 24.9 Å². The van der Waals surface area contributed by atoms with Gasteiger partial charge in [-0.05, 0) is 38.3 Å². The lowest BCUT2D eigenvalue weighted by molar-refractivity contribution is -0.122. The number of hydrogen-bond donors (Lipinski definition) is 1. The highest BCUT2D eigenvalue weighted by Crippen LogP contribution is 2.29. The van der Waals surface area contributed by atoms with E-state index in [1.54, 1.807) is 0 Å². The van der Waals surface area contributed by atoms with Gasteiger partial charge < -0.3 is 10.1 Å². The van der Waals surface area contributed by atoms with Crippen molar-refractivity contribution in [3.63, 3.8) is 0 Å². The molecule has 1 unspecified atom stereocenters. The van der Waals surface area contributed by atoms with Gasteiger partial charge >= 0.3 is 0 Å². The van der Waals surface area contributed by atoms with E-state index in [-0.39, 0.29) is 17.4 Å². The maximum atomic E-state index is 12.1. The van der Waals surface area contributed by atoms with E-state index in [2.05, 4.69) is 44.3 Å². The van der Waals surface area contributed by atoms with Crippen molar-refractivity contribution in [2.45, 2.75) is 51.7 Å². The Morgan fingerprint density at radius 3 is 2.85 bits per heavy atom. The molecule has 1 heterocycles. The molecule has 0 bridgehead atoms. The van der Waals surface area contributed by atoms with E-state index in [0.717, 1.165) is 19.6 Å². The van der Waals surface area contributed by atoms with Crippen molar-refractivity contribution in [2.24, 2.45) is 0 Å². The van der Waals surface area contributed by atoms with Crippen molar-refractivity contribution < 1.29 is 9.53 Å². The number of fused-ring (bicyclic) bond motifs is 1. The molecule has 0 fully saturated rings. The van der Waals surface area contributed by atoms with Gasteiger partial charge in [-0.3, -0.25) is 4.79 Å². The van der Waals surface area contributed by atoms with E-state index in [4.69, 9.17) is 4.74 Å². The maximum absolute atomic E-state index is 12.1. The fourth-order valence-electron chi connectivity index (χ4n) is 2.53. The number of benzene rings is 1. The molecule has 1 aliphatic rings. The van der Waals surface area contributed by atoms with E-state index in [9.17, 15) is 4.79 Å². The molecular weight excluding hydrogens is 250 g/mol. The van der Waals surface area contributed by atoms with Crippen LogP contribution in [0.5, 0.6) is 0 Å². The smallest absolute Gasteiger partial charge is 0.137 e. The van der Waals surface area contributed by atoms with E-state index < -0.39 is 0 Å². The Hall–Kier alpha value is -1.19. The van der Waals surface area contributed by atoms with Crippen LogP contribution < -0.4 is 5.32 Å². The van der Waals surface area contributed by atoms with Gasteiger partial charge in [-0.2, -0.15) is 0 Å². The fraction of sp³-hybridized carbons (Fsp3) is 0.588. The average Bonchev–Trinajstić information content (AvgIpc) is 2.37. The molecule has 1 N–H and O–H groups in total. The number of carbonyl (C=O) groups is 1. The highest BCUT2D eigenvalue weighted by molar-refractivity contribution is 5.79. The molecule has 0 saturated heterocycles. The topological polar surface area (TPSA) is 38.3 Å². The number of hydrogen-bond acceptors (Lipinski definition) is 3. The maximum Gasteiger partial charge on any atom is 0.137 e. The summed E-state index contributed by atoms with van der Waals surface area (Å²) in [6.07, 6.45) is 1.95. The van der Waals surface area contributed by atoms with E-state index in [0.29, 0.717) is 12.8 Å². The molecule has 1 aromatic carbocycles. The van der Waals surface area contributed by atoms with Gasteiger partial charge in [0.05, 0.1) is 12.7 Å². The Bertz CT molecular complexity index is 462. The highest BCUT2D eigenvalue weighted by Gasteiger charge is 2.22. The Labute approximate surface area is 121 Å². The Kier molecular flexibility index (Phi) is 4.95. The first-order valence-corrected chi connectivity index (χ1v) is 7.42. The second-order valence-electron chi connectivity index (χ2n) is 6.48. The van der Waals surface area contributed by atoms with Crippen molar-refractivity contribution in [3.05, 3.63) is 35.4 Å². The van der Waals surface area contributed by atoms with Gasteiger partial charge in [-0.25, -0.2) is 0 Å². The number of ether oxygens (including phenoxy) is 1. The van der Waals surface area contributed by atoms with Gasteiger partial charge in [0.25, 0.3) is 0 Å². The van der Waals surface area contributed by atoms with Gasteiger partial charge in [0.15, 0.2) is 0 Å². The van der Waals surface area contributed by atoms with Gasteiger partial charge in [-0.15, -0.1) is 0 Å². The zero-order valence-electron chi connectivity index (χ0n) is 12.7. The standard InChI is InChI=1S/C17H25NO2/c1-17(2,3)18-10-8-14(19)12-16-15-7-5-4-6-13(15)9-11-20-16/h4-7,16,18H,8-12H2,1-3H3. The predicted octanol–water partition coefficient (Wildman–Crippen LogP) is 3.04. The van der Waals surface area contributed by atoms with Crippen LogP contribution in [0.3, 0.4) is 0 Å². The highest BCUT2D eigenvalue weighted by atomic mass is 16.5. The number of rotatable bonds is 5. The first-order valence-electron chi connectivity index (χ1n) is 7.42. The first kappa shape index (κ1) is 15.2. The molecule has 1 aliphatic heterocycles. The summed E-state index contributed by atoms with van der Waals surface area (Å²) in [7, 11) is 0. The summed E-state index contributed by atoms with van der Waals surface area (Å²) >= 11 is 0. The Morgan fingerprint density at radius 1 is 1.35 bits per heavy atom. The summed E-state index contributed by atoms with van der Waals surface area (Å²) < 4.78 is 5.78. The molecule has 3 heteroatoms. The minimum absolute atomic E-state index is 0.0536. The SMILES string of the molecule is CC(C)(C)NCCC(=O)CC1OCCc2ccccc21. The van der Waals surface area contributed by atoms with Crippen molar-refractivity contribution in [3.8, 4) is 0 Å². The Morgan fingerprint density at radius 2 is 2.10 bits per heavy atom. The lowest BCUT2D eigenvalue weighted by Crippen LogP contribution is -2.37. The van der Waals surface area contributed by atoms with Crippen LogP contribution in [-0.4, -0.2) is 24.5 Å². The molecule has 0 aliphatic carbocycles. The van der Waals surface area contributed by atoms with Crippen molar-refractivity contribution in [1.82, 2.24) is 5.32 Å². The molecule has 0 aromatic heterocycles. The van der Waals surface area contributed by atoms with Crippen LogP contribution in [0.2, 0.25) is 0 Å². The second-order valence-corrected chi connectivity index (χ2v) is 6.48. The minimum atomic E-state index is -0.0536. The average molecular weight is 275 g/mol. The summed E-state index contributed by atoms with van der Waals surface area (Å²) in [5.74, 6) is 0.267. The molecule has 3 nitrogen and oxygen atoms in total. The third-order valence-corrected chi connectivity index (χ3v) is 3.56. The van der Waals surface area contributed by atoms with Crippen LogP contribution in [0, 0.1) is 0 Å². The van der Waals surface area contributed by atoms with Gasteiger partial charge in [0.1, 0.15) is 5.78 Å². The molecule has 0 radical (unpaired) electrons. The summed E-state index contributed by atoms with van der Waals surface area (Å²) in [6.45, 7) is 7.78. The zero-order valence-corrected chi connectivity index (χ0v) is 12.7. The lowest BCUT2D eigenvalue weighted by atomic mass is 9.94. The molecule has 0 amide bonds. The number of nitrogens with one attached hydrogen (secondary N) is 1. The summed E-state index contributed by atoms with van der Waals surface area (Å²) in [6, 6.07) is 8.29. The van der Waals surface area contributed by atoms with E-state index in [1.807, 2.05) is 6.07 Å². The lowest BCUT2D eigenvalue weighted by Gasteiger charge is -2.26. The molecule has 110 valence electrons. The molecule has 1 atom stereocenters. The van der Waals surface area contributed by atoms with E-state index >= 15 is 0 Å². The van der Waals surface area contributed by atoms with Crippen molar-refractivity contribution in [1.29, 1.82) is 0 Å². The minimum Gasteiger partial charge on any atom is -0.373 e. The van der Waals surface area contributed by atoms with Crippen molar-refractivity contribution >= 4 is 5.78 Å². The zero-order chi connectivity index (χ0) is 14.6. The molecule has 20 heavy (non-hydrogen) atoms. The molecular formula is C17H25NO2. The van der Waals surface area contributed by atoms with Crippen LogP contribution in [0.15, 0.2) is 24.3 Å². The Balaban J connectivity index is 1.86. The predicted molar refractivity (Wildman–Crippen MR) is 80.8 cm³/mol. The quantitative estimate of drug-likeness (QED) is 0.897. The fourth-order valence-corrected chi connectivity index (χ4v) is 2.53. The molecule has 0 saturated carbocycles. The van der Waals surface area contributed by atoms with Crippen LogP contribution in [-0.2, 0) is 16.0 Å². The molecule has 2 rings (SSSR count). The summed E-state index contributed by atoms with van der Waals surface area (Å²) in [4.78, 5) is 12.1. The number of ketones is 1. The van der Waals surface area contributed by atoms with Crippen LogP contribution >= 0.6 is 0 Å². The van der Waals surface area contributed by atoms with Crippen LogP contribution in [0.4, 0.5) is 0 Å². The second kappa shape index (κ2) is 6.51.